The number of nitrogens with one attached hydrogen (secondary N) is 3. The van der Waals surface area contributed by atoms with Crippen LogP contribution in [0, 0.1) is 0 Å². The summed E-state index contributed by atoms with van der Waals surface area (Å²) in [4.78, 5) is 19.8. The predicted molar refractivity (Wildman–Crippen MR) is 212 cm³/mol. The molecule has 2 aliphatic heterocycles. The molecule has 0 amide bonds. The Hall–Kier alpha value is -5.44. The van der Waals surface area contributed by atoms with Gasteiger partial charge in [0.1, 0.15) is 18.1 Å². The first-order chi connectivity index (χ1) is 25.1. The Kier molecular flexibility index (Phi) is 10.7. The lowest BCUT2D eigenvalue weighted by molar-refractivity contribution is 0.223. The Balaban J connectivity index is 1.27. The van der Waals surface area contributed by atoms with Crippen LogP contribution >= 0.6 is 0 Å². The Labute approximate surface area is 299 Å². The summed E-state index contributed by atoms with van der Waals surface area (Å²) in [6, 6.07) is 29.2. The summed E-state index contributed by atoms with van der Waals surface area (Å²) in [5, 5.41) is 3.34. The van der Waals surface area contributed by atoms with Gasteiger partial charge in [-0.05, 0) is 129 Å². The number of hydrogen-bond acceptors (Lipinski definition) is 6. The zero-order chi connectivity index (χ0) is 35.0. The third kappa shape index (κ3) is 8.14. The van der Waals surface area contributed by atoms with Gasteiger partial charge in [-0.25, -0.2) is 9.97 Å². The van der Waals surface area contributed by atoms with Gasteiger partial charge < -0.3 is 29.7 Å². The second-order valence-electron chi connectivity index (χ2n) is 12.7. The highest BCUT2D eigenvalue weighted by atomic mass is 16.5. The summed E-state index contributed by atoms with van der Waals surface area (Å²) in [6.07, 6.45) is 9.29. The highest BCUT2D eigenvalue weighted by Crippen LogP contribution is 2.33. The fourth-order valence-electron chi connectivity index (χ4n) is 6.51. The van der Waals surface area contributed by atoms with Gasteiger partial charge in [-0.1, -0.05) is 45.0 Å². The minimum atomic E-state index is 0.660. The monoisotopic (exact) mass is 678 g/mol. The van der Waals surface area contributed by atoms with Crippen LogP contribution in [0.2, 0.25) is 0 Å². The van der Waals surface area contributed by atoms with E-state index in [2.05, 4.69) is 126 Å². The van der Waals surface area contributed by atoms with Gasteiger partial charge in [0.15, 0.2) is 0 Å². The van der Waals surface area contributed by atoms with Crippen molar-refractivity contribution < 1.29 is 9.47 Å². The molecule has 0 atom stereocenters. The maximum Gasteiger partial charge on any atom is 0.119 e. The summed E-state index contributed by atoms with van der Waals surface area (Å²) < 4.78 is 12.1. The standard InChI is InChI=1S/C43H46N6O2/c1-4-44-24-7-26-50-36-16-8-30(9-17-36)42-38-20-12-32(45-38)28-34-14-22-40(47-34)43(41-23-15-35(48-41)29-33-13-21-39(42)46-33)31-10-18-37(19-11-31)51-27-25-49(5-2)6-3/h8-23,28-29,44-45,48H,4-7,24-27H2,1-3H3. The van der Waals surface area contributed by atoms with Gasteiger partial charge >= 0.3 is 0 Å². The van der Waals surface area contributed by atoms with E-state index in [0.29, 0.717) is 13.2 Å². The average molecular weight is 679 g/mol. The Bertz CT molecular complexity index is 2170. The molecule has 8 bridgehead atoms. The van der Waals surface area contributed by atoms with E-state index in [1.165, 1.54) is 0 Å². The van der Waals surface area contributed by atoms with Crippen LogP contribution in [-0.2, 0) is 0 Å². The molecule has 8 nitrogen and oxygen atoms in total. The first-order valence-electron chi connectivity index (χ1n) is 18.1. The topological polar surface area (TPSA) is 91.1 Å². The van der Waals surface area contributed by atoms with Crippen molar-refractivity contribution in [3.05, 3.63) is 108 Å². The Morgan fingerprint density at radius 2 is 1.12 bits per heavy atom. The van der Waals surface area contributed by atoms with Crippen molar-refractivity contribution in [2.75, 3.05) is 45.9 Å². The van der Waals surface area contributed by atoms with Crippen LogP contribution in [0.5, 0.6) is 11.5 Å². The normalized spacial score (nSPS) is 12.2. The molecule has 260 valence electrons. The molecule has 51 heavy (non-hydrogen) atoms. The van der Waals surface area contributed by atoms with E-state index in [0.717, 1.165) is 118 Å². The first-order valence-corrected chi connectivity index (χ1v) is 18.1. The number of likely N-dealkylation sites (N-methyl/N-ethyl adjacent to an activating group) is 1. The second kappa shape index (κ2) is 16.1. The third-order valence-corrected chi connectivity index (χ3v) is 9.27. The van der Waals surface area contributed by atoms with Crippen LogP contribution in [0.3, 0.4) is 0 Å². The molecule has 3 aromatic heterocycles. The highest BCUT2D eigenvalue weighted by molar-refractivity contribution is 5.93. The molecule has 2 aromatic carbocycles. The van der Waals surface area contributed by atoms with Crippen molar-refractivity contribution in [2.24, 2.45) is 0 Å². The van der Waals surface area contributed by atoms with Gasteiger partial charge in [0.05, 0.1) is 29.4 Å². The molecule has 0 fully saturated rings. The Morgan fingerprint density at radius 3 is 1.61 bits per heavy atom. The highest BCUT2D eigenvalue weighted by Gasteiger charge is 2.14. The first kappa shape index (κ1) is 34.0. The second-order valence-corrected chi connectivity index (χ2v) is 12.7. The predicted octanol–water partition coefficient (Wildman–Crippen LogP) is 9.09. The lowest BCUT2D eigenvalue weighted by Gasteiger charge is -2.18. The Morgan fingerprint density at radius 1 is 0.608 bits per heavy atom. The number of nitrogens with zero attached hydrogens (tertiary/aromatic N) is 3. The number of benzene rings is 2. The van der Waals surface area contributed by atoms with E-state index in [4.69, 9.17) is 19.4 Å². The largest absolute Gasteiger partial charge is 0.494 e. The summed E-state index contributed by atoms with van der Waals surface area (Å²) in [5.74, 6) is 1.72. The molecule has 0 aliphatic carbocycles. The van der Waals surface area contributed by atoms with Gasteiger partial charge in [0, 0.05) is 39.7 Å². The van der Waals surface area contributed by atoms with E-state index < -0.39 is 0 Å². The van der Waals surface area contributed by atoms with E-state index >= 15 is 0 Å². The maximum atomic E-state index is 6.09. The molecular weight excluding hydrogens is 633 g/mol. The smallest absolute Gasteiger partial charge is 0.119 e. The van der Waals surface area contributed by atoms with Gasteiger partial charge in [0.2, 0.25) is 0 Å². The fraction of sp³-hybridized carbons (Fsp3) is 0.256. The minimum Gasteiger partial charge on any atom is -0.494 e. The zero-order valence-electron chi connectivity index (χ0n) is 29.7. The summed E-state index contributed by atoms with van der Waals surface area (Å²) in [5.41, 5.74) is 11.6. The number of aromatic nitrogens is 4. The number of aromatic amines is 2. The van der Waals surface area contributed by atoms with E-state index in [1.807, 2.05) is 24.3 Å². The van der Waals surface area contributed by atoms with Crippen molar-refractivity contribution in [3.63, 3.8) is 0 Å². The van der Waals surface area contributed by atoms with Crippen molar-refractivity contribution in [1.82, 2.24) is 30.2 Å². The number of H-pyrrole nitrogens is 2. The van der Waals surface area contributed by atoms with Crippen LogP contribution in [0.15, 0.2) is 84.9 Å². The number of rotatable bonds is 14. The lowest BCUT2D eigenvalue weighted by Crippen LogP contribution is -2.27. The summed E-state index contributed by atoms with van der Waals surface area (Å²) in [7, 11) is 0. The van der Waals surface area contributed by atoms with Crippen molar-refractivity contribution in [2.45, 2.75) is 27.2 Å². The quantitative estimate of drug-likeness (QED) is 0.0995. The molecule has 5 heterocycles. The molecule has 0 unspecified atom stereocenters. The van der Waals surface area contributed by atoms with E-state index in [9.17, 15) is 0 Å². The fourth-order valence-corrected chi connectivity index (χ4v) is 6.51. The molecule has 8 heteroatoms. The summed E-state index contributed by atoms with van der Waals surface area (Å²) >= 11 is 0. The van der Waals surface area contributed by atoms with Gasteiger partial charge in [0.25, 0.3) is 0 Å². The van der Waals surface area contributed by atoms with Crippen molar-refractivity contribution in [3.8, 4) is 33.8 Å². The maximum absolute atomic E-state index is 6.09. The zero-order valence-corrected chi connectivity index (χ0v) is 29.7. The molecule has 2 aliphatic rings. The van der Waals surface area contributed by atoms with Crippen molar-refractivity contribution >= 4 is 46.4 Å². The summed E-state index contributed by atoms with van der Waals surface area (Å²) in [6.45, 7) is 12.7. The number of ether oxygens (including phenoxy) is 2. The molecule has 7 rings (SSSR count). The number of fused-ring (bicyclic) bond motifs is 8. The molecular formula is C43H46N6O2. The number of hydrogen-bond donors (Lipinski definition) is 3. The van der Waals surface area contributed by atoms with Gasteiger partial charge in [-0.2, -0.15) is 0 Å². The van der Waals surface area contributed by atoms with Gasteiger partial charge in [-0.15, -0.1) is 0 Å². The van der Waals surface area contributed by atoms with Crippen LogP contribution in [0.25, 0.3) is 68.6 Å². The van der Waals surface area contributed by atoms with Crippen LogP contribution in [-0.4, -0.2) is 70.8 Å². The van der Waals surface area contributed by atoms with Crippen LogP contribution in [0.1, 0.15) is 50.0 Å². The van der Waals surface area contributed by atoms with E-state index in [-0.39, 0.29) is 0 Å². The molecule has 5 aromatic rings. The molecule has 0 saturated heterocycles. The van der Waals surface area contributed by atoms with E-state index in [1.54, 1.807) is 0 Å². The van der Waals surface area contributed by atoms with Gasteiger partial charge in [-0.3, -0.25) is 0 Å². The average Bonchev–Trinajstić information content (AvgIpc) is 3.99. The third-order valence-electron chi connectivity index (χ3n) is 9.27. The van der Waals surface area contributed by atoms with Crippen molar-refractivity contribution in [1.29, 1.82) is 0 Å². The minimum absolute atomic E-state index is 0.660. The molecule has 0 spiro atoms. The molecule has 0 radical (unpaired) electrons. The van der Waals surface area contributed by atoms with Crippen LogP contribution in [0.4, 0.5) is 0 Å². The van der Waals surface area contributed by atoms with Crippen LogP contribution < -0.4 is 14.8 Å². The lowest BCUT2D eigenvalue weighted by atomic mass is 10.0. The molecule has 3 N–H and O–H groups in total. The molecule has 0 saturated carbocycles. The SMILES string of the molecule is CCNCCCOc1ccc(-c2c3nc(cc4ccc([nH]4)c(-c4ccc(OCCN(CC)CC)cc4)c4nc(cc5ccc2[nH]5)C=C4)C=C3)cc1.